The maximum Gasteiger partial charge on any atom is 0.263 e. The molecule has 28 heavy (non-hydrogen) atoms. The average molecular weight is 394 g/mol. The third-order valence-corrected chi connectivity index (χ3v) is 6.53. The SMILES string of the molecule is CC(=O)[C@H]1Cc2ccc(CCNC(=O)c3sc4nc(C)ccc4c3N)cc2C1. The van der Waals surface area contributed by atoms with Gasteiger partial charge in [0, 0.05) is 23.5 Å². The number of rotatable bonds is 5. The fourth-order valence-electron chi connectivity index (χ4n) is 3.77. The number of hydrogen-bond donors (Lipinski definition) is 2. The molecule has 3 aromatic rings. The van der Waals surface area contributed by atoms with Crippen molar-refractivity contribution in [3.8, 4) is 0 Å². The molecule has 3 N–H and O–H groups in total. The summed E-state index contributed by atoms with van der Waals surface area (Å²) in [6, 6.07) is 10.2. The van der Waals surface area contributed by atoms with Crippen LogP contribution in [0.25, 0.3) is 10.2 Å². The number of nitrogens with two attached hydrogens (primary N) is 1. The molecule has 0 radical (unpaired) electrons. The number of nitrogen functional groups attached to an aromatic ring is 1. The van der Waals surface area contributed by atoms with E-state index in [0.29, 0.717) is 17.1 Å². The zero-order valence-electron chi connectivity index (χ0n) is 16.0. The van der Waals surface area contributed by atoms with Crippen LogP contribution in [-0.4, -0.2) is 23.2 Å². The topological polar surface area (TPSA) is 85.1 Å². The largest absolute Gasteiger partial charge is 0.397 e. The van der Waals surface area contributed by atoms with Crippen LogP contribution in [0.2, 0.25) is 0 Å². The summed E-state index contributed by atoms with van der Waals surface area (Å²) in [6.45, 7) is 4.13. The zero-order valence-corrected chi connectivity index (χ0v) is 16.9. The molecule has 1 aromatic carbocycles. The summed E-state index contributed by atoms with van der Waals surface area (Å²) in [6.07, 6.45) is 2.42. The van der Waals surface area contributed by atoms with Crippen molar-refractivity contribution < 1.29 is 9.59 Å². The van der Waals surface area contributed by atoms with Gasteiger partial charge in [-0.1, -0.05) is 18.2 Å². The molecule has 1 atom stereocenters. The predicted octanol–water partition coefficient (Wildman–Crippen LogP) is 3.46. The lowest BCUT2D eigenvalue weighted by molar-refractivity contribution is -0.120. The van der Waals surface area contributed by atoms with Crippen molar-refractivity contribution in [1.82, 2.24) is 10.3 Å². The number of amides is 1. The first-order valence-corrected chi connectivity index (χ1v) is 10.3. The second-order valence-electron chi connectivity index (χ2n) is 7.47. The van der Waals surface area contributed by atoms with E-state index in [-0.39, 0.29) is 17.6 Å². The van der Waals surface area contributed by atoms with E-state index in [2.05, 4.69) is 28.5 Å². The maximum atomic E-state index is 12.6. The number of benzene rings is 1. The Bertz CT molecular complexity index is 1090. The van der Waals surface area contributed by atoms with Gasteiger partial charge in [0.1, 0.15) is 15.5 Å². The highest BCUT2D eigenvalue weighted by Crippen LogP contribution is 2.32. The first-order chi connectivity index (χ1) is 13.4. The van der Waals surface area contributed by atoms with Crippen LogP contribution in [0.15, 0.2) is 30.3 Å². The fourth-order valence-corrected chi connectivity index (χ4v) is 4.83. The van der Waals surface area contributed by atoms with Crippen molar-refractivity contribution >= 4 is 38.9 Å². The van der Waals surface area contributed by atoms with E-state index in [1.165, 1.54) is 28.0 Å². The van der Waals surface area contributed by atoms with Crippen molar-refractivity contribution in [2.45, 2.75) is 33.1 Å². The number of fused-ring (bicyclic) bond motifs is 2. The second-order valence-corrected chi connectivity index (χ2v) is 8.47. The number of nitrogens with one attached hydrogen (secondary N) is 1. The normalized spacial score (nSPS) is 15.6. The molecule has 1 amide bonds. The molecule has 0 fully saturated rings. The van der Waals surface area contributed by atoms with Gasteiger partial charge in [-0.05, 0) is 61.9 Å². The number of ketones is 1. The summed E-state index contributed by atoms with van der Waals surface area (Å²) >= 11 is 1.33. The van der Waals surface area contributed by atoms with Gasteiger partial charge in [0.2, 0.25) is 0 Å². The number of anilines is 1. The molecule has 4 rings (SSSR count). The Balaban J connectivity index is 1.40. The van der Waals surface area contributed by atoms with Crippen molar-refractivity contribution in [3.05, 3.63) is 57.6 Å². The highest BCUT2D eigenvalue weighted by atomic mass is 32.1. The monoisotopic (exact) mass is 393 g/mol. The molecule has 2 heterocycles. The van der Waals surface area contributed by atoms with E-state index in [4.69, 9.17) is 5.73 Å². The molecule has 0 saturated heterocycles. The number of nitrogens with zero attached hydrogens (tertiary/aromatic N) is 1. The van der Waals surface area contributed by atoms with E-state index >= 15 is 0 Å². The summed E-state index contributed by atoms with van der Waals surface area (Å²) in [5.74, 6) is 0.227. The number of hydrogen-bond acceptors (Lipinski definition) is 5. The highest BCUT2D eigenvalue weighted by Gasteiger charge is 2.24. The Morgan fingerprint density at radius 1 is 1.21 bits per heavy atom. The number of Topliss-reactive ketones (excluding diaryl/α,β-unsaturated/α-hetero) is 1. The standard InChI is InChI=1S/C22H23N3O2S/c1-12-3-6-18-19(23)20(28-22(18)25-12)21(27)24-8-7-14-4-5-15-10-16(13(2)26)11-17(15)9-14/h3-6,9,16H,7-8,10-11,23H2,1-2H3,(H,24,27)/t16-/m0/s1. The van der Waals surface area contributed by atoms with Crippen LogP contribution in [0.4, 0.5) is 5.69 Å². The van der Waals surface area contributed by atoms with Crippen molar-refractivity contribution in [2.75, 3.05) is 12.3 Å². The quantitative estimate of drug-likeness (QED) is 0.695. The minimum atomic E-state index is -0.157. The van der Waals surface area contributed by atoms with Crippen molar-refractivity contribution in [1.29, 1.82) is 0 Å². The highest BCUT2D eigenvalue weighted by molar-refractivity contribution is 7.21. The molecular weight excluding hydrogens is 370 g/mol. The number of carbonyl (C=O) groups is 2. The van der Waals surface area contributed by atoms with Gasteiger partial charge in [0.25, 0.3) is 5.91 Å². The Labute approximate surface area is 168 Å². The summed E-state index contributed by atoms with van der Waals surface area (Å²) in [7, 11) is 0. The molecule has 0 saturated carbocycles. The molecule has 1 aliphatic rings. The first-order valence-electron chi connectivity index (χ1n) is 9.47. The van der Waals surface area contributed by atoms with Crippen LogP contribution in [0.1, 0.15) is 39.0 Å². The number of carbonyl (C=O) groups excluding carboxylic acids is 2. The number of aromatic nitrogens is 1. The third kappa shape index (κ3) is 3.52. The molecule has 0 spiro atoms. The van der Waals surface area contributed by atoms with Gasteiger partial charge >= 0.3 is 0 Å². The molecule has 0 aliphatic heterocycles. The maximum absolute atomic E-state index is 12.6. The van der Waals surface area contributed by atoms with Crippen LogP contribution in [0.5, 0.6) is 0 Å². The zero-order chi connectivity index (χ0) is 19.8. The summed E-state index contributed by atoms with van der Waals surface area (Å²) < 4.78 is 0. The summed E-state index contributed by atoms with van der Waals surface area (Å²) in [5, 5.41) is 3.80. The molecule has 0 bridgehead atoms. The molecule has 5 nitrogen and oxygen atoms in total. The van der Waals surface area contributed by atoms with Crippen LogP contribution in [0, 0.1) is 12.8 Å². The second kappa shape index (κ2) is 7.36. The first kappa shape index (κ1) is 18.6. The predicted molar refractivity (Wildman–Crippen MR) is 113 cm³/mol. The Morgan fingerprint density at radius 2 is 2.00 bits per heavy atom. The van der Waals surface area contributed by atoms with E-state index in [1.54, 1.807) is 6.92 Å². The molecule has 2 aromatic heterocycles. The van der Waals surface area contributed by atoms with Gasteiger partial charge in [-0.2, -0.15) is 0 Å². The number of pyridine rings is 1. The average Bonchev–Trinajstić information content (AvgIpc) is 3.22. The van der Waals surface area contributed by atoms with Gasteiger partial charge in [0.05, 0.1) is 5.69 Å². The lowest BCUT2D eigenvalue weighted by atomic mass is 10.0. The van der Waals surface area contributed by atoms with Gasteiger partial charge in [-0.3, -0.25) is 9.59 Å². The van der Waals surface area contributed by atoms with Gasteiger partial charge in [-0.15, -0.1) is 11.3 Å². The lowest BCUT2D eigenvalue weighted by Crippen LogP contribution is -2.25. The van der Waals surface area contributed by atoms with E-state index in [0.717, 1.165) is 35.2 Å². The van der Waals surface area contributed by atoms with Crippen molar-refractivity contribution in [2.24, 2.45) is 5.92 Å². The molecule has 1 aliphatic carbocycles. The number of thiophene rings is 1. The fraction of sp³-hybridized carbons (Fsp3) is 0.318. The molecule has 0 unspecified atom stereocenters. The number of aryl methyl sites for hydroxylation is 1. The van der Waals surface area contributed by atoms with Crippen molar-refractivity contribution in [3.63, 3.8) is 0 Å². The molecule has 6 heteroatoms. The van der Waals surface area contributed by atoms with Gasteiger partial charge in [0.15, 0.2) is 0 Å². The van der Waals surface area contributed by atoms with Gasteiger partial charge < -0.3 is 11.1 Å². The summed E-state index contributed by atoms with van der Waals surface area (Å²) in [5.41, 5.74) is 11.3. The van der Waals surface area contributed by atoms with E-state index in [9.17, 15) is 9.59 Å². The Hall–Kier alpha value is -2.73. The van der Waals surface area contributed by atoms with Crippen LogP contribution in [-0.2, 0) is 24.1 Å². The Kier molecular flexibility index (Phi) is 4.89. The Morgan fingerprint density at radius 3 is 2.79 bits per heavy atom. The van der Waals surface area contributed by atoms with E-state index < -0.39 is 0 Å². The third-order valence-electron chi connectivity index (χ3n) is 5.42. The lowest BCUT2D eigenvalue weighted by Gasteiger charge is -2.07. The van der Waals surface area contributed by atoms with E-state index in [1.807, 2.05) is 19.1 Å². The summed E-state index contributed by atoms with van der Waals surface area (Å²) in [4.78, 5) is 30.0. The molecule has 144 valence electrons. The van der Waals surface area contributed by atoms with Crippen LogP contribution < -0.4 is 11.1 Å². The smallest absolute Gasteiger partial charge is 0.263 e. The molecular formula is C22H23N3O2S. The van der Waals surface area contributed by atoms with Gasteiger partial charge in [-0.25, -0.2) is 4.98 Å². The van der Waals surface area contributed by atoms with Crippen LogP contribution in [0.3, 0.4) is 0 Å². The minimum absolute atomic E-state index is 0.123. The minimum Gasteiger partial charge on any atom is -0.397 e. The van der Waals surface area contributed by atoms with Crippen LogP contribution >= 0.6 is 11.3 Å².